The van der Waals surface area contributed by atoms with Crippen LogP contribution < -0.4 is 4.74 Å². The Morgan fingerprint density at radius 3 is 2.47 bits per heavy atom. The summed E-state index contributed by atoms with van der Waals surface area (Å²) >= 11 is 12.9. The van der Waals surface area contributed by atoms with E-state index in [-0.39, 0.29) is 18.3 Å². The van der Waals surface area contributed by atoms with Crippen molar-refractivity contribution in [3.63, 3.8) is 0 Å². The minimum absolute atomic E-state index is 0.0552. The first-order chi connectivity index (χ1) is 16.3. The van der Waals surface area contributed by atoms with Gasteiger partial charge in [-0.05, 0) is 35.7 Å². The number of hydrogen-bond acceptors (Lipinski definition) is 3. The molecule has 0 atom stereocenters. The predicted octanol–water partition coefficient (Wildman–Crippen LogP) is 8.97. The van der Waals surface area contributed by atoms with Gasteiger partial charge in [-0.15, -0.1) is 0 Å². The van der Waals surface area contributed by atoms with E-state index in [1.165, 1.54) is 12.1 Å². The Kier molecular flexibility index (Phi) is 7.40. The highest BCUT2D eigenvalue weighted by atomic mass is 35.5. The first-order valence-corrected chi connectivity index (χ1v) is 11.7. The Morgan fingerprint density at radius 1 is 1.00 bits per heavy atom. The summed E-state index contributed by atoms with van der Waals surface area (Å²) in [5, 5.41) is 5.23. The summed E-state index contributed by atoms with van der Waals surface area (Å²) in [5.74, 6) is 0.277. The van der Waals surface area contributed by atoms with Crippen LogP contribution in [-0.2, 0) is 6.61 Å². The standard InChI is InChI=1S/C28H24Cl2FNO2/c1-17(2)28-21(27(32-34-28)26-18(3)8-7-11-22(26)29)16-33-25-15-23(30)20(14-24(25)31)13-12-19-9-5-4-6-10-19/h4-15,17H,16H2,1-3H3/b13-12+. The highest BCUT2D eigenvalue weighted by Gasteiger charge is 2.23. The van der Waals surface area contributed by atoms with Crippen molar-refractivity contribution in [1.82, 2.24) is 5.16 Å². The van der Waals surface area contributed by atoms with Crippen LogP contribution in [-0.4, -0.2) is 5.16 Å². The van der Waals surface area contributed by atoms with E-state index in [1.54, 1.807) is 12.1 Å². The highest BCUT2D eigenvalue weighted by Crippen LogP contribution is 2.37. The third kappa shape index (κ3) is 5.19. The summed E-state index contributed by atoms with van der Waals surface area (Å²) in [5.41, 5.74) is 4.63. The molecule has 3 aromatic carbocycles. The van der Waals surface area contributed by atoms with Crippen molar-refractivity contribution in [2.24, 2.45) is 0 Å². The smallest absolute Gasteiger partial charge is 0.165 e. The molecule has 0 amide bonds. The monoisotopic (exact) mass is 495 g/mol. The molecule has 0 spiro atoms. The van der Waals surface area contributed by atoms with Crippen molar-refractivity contribution in [3.05, 3.63) is 105 Å². The van der Waals surface area contributed by atoms with E-state index >= 15 is 0 Å². The van der Waals surface area contributed by atoms with Gasteiger partial charge in [0, 0.05) is 17.5 Å². The Labute approximate surface area is 208 Å². The average Bonchev–Trinajstić information content (AvgIpc) is 3.23. The maximum atomic E-state index is 14.9. The van der Waals surface area contributed by atoms with Gasteiger partial charge in [-0.25, -0.2) is 4.39 Å². The van der Waals surface area contributed by atoms with E-state index < -0.39 is 5.82 Å². The summed E-state index contributed by atoms with van der Waals surface area (Å²) in [6, 6.07) is 18.2. The lowest BCUT2D eigenvalue weighted by molar-refractivity contribution is 0.284. The molecule has 4 aromatic rings. The molecule has 0 bridgehead atoms. The van der Waals surface area contributed by atoms with E-state index in [9.17, 15) is 4.39 Å². The van der Waals surface area contributed by atoms with Crippen LogP contribution in [0, 0.1) is 12.7 Å². The number of benzene rings is 3. The number of hydrogen-bond donors (Lipinski definition) is 0. The van der Waals surface area contributed by atoms with Crippen LogP contribution in [0.5, 0.6) is 5.75 Å². The number of nitrogens with zero attached hydrogens (tertiary/aromatic N) is 1. The molecule has 0 aliphatic heterocycles. The lowest BCUT2D eigenvalue weighted by atomic mass is 9.98. The van der Waals surface area contributed by atoms with Crippen LogP contribution in [0.4, 0.5) is 4.39 Å². The number of ether oxygens (including phenoxy) is 1. The largest absolute Gasteiger partial charge is 0.486 e. The van der Waals surface area contributed by atoms with Crippen LogP contribution >= 0.6 is 23.2 Å². The average molecular weight is 496 g/mol. The Hall–Kier alpha value is -3.08. The van der Waals surface area contributed by atoms with Gasteiger partial charge in [0.2, 0.25) is 0 Å². The molecule has 0 saturated heterocycles. The summed E-state index contributed by atoms with van der Waals surface area (Å²) in [6.45, 7) is 6.01. The number of halogens is 3. The Balaban J connectivity index is 1.62. The summed E-state index contributed by atoms with van der Waals surface area (Å²) in [4.78, 5) is 0. The fourth-order valence-electron chi connectivity index (χ4n) is 3.73. The second-order valence-corrected chi connectivity index (χ2v) is 9.11. The van der Waals surface area contributed by atoms with E-state index in [1.807, 2.05) is 69.3 Å². The molecular formula is C28H24Cl2FNO2. The molecule has 0 N–H and O–H groups in total. The Morgan fingerprint density at radius 2 is 1.76 bits per heavy atom. The first kappa shape index (κ1) is 24.1. The first-order valence-electron chi connectivity index (χ1n) is 10.9. The van der Waals surface area contributed by atoms with E-state index in [0.29, 0.717) is 27.1 Å². The zero-order valence-corrected chi connectivity index (χ0v) is 20.6. The zero-order chi connectivity index (χ0) is 24.2. The van der Waals surface area contributed by atoms with E-state index in [0.717, 1.165) is 22.3 Å². The molecule has 174 valence electrons. The number of aryl methyl sites for hydroxylation is 1. The Bertz CT molecular complexity index is 1310. The topological polar surface area (TPSA) is 35.3 Å². The van der Waals surface area contributed by atoms with Crippen molar-refractivity contribution in [2.45, 2.75) is 33.3 Å². The SMILES string of the molecule is Cc1cccc(Cl)c1-c1noc(C(C)C)c1COc1cc(Cl)c(/C=C/c2ccccc2)cc1F. The van der Waals surface area contributed by atoms with Gasteiger partial charge < -0.3 is 9.26 Å². The van der Waals surface area contributed by atoms with Crippen LogP contribution in [0.3, 0.4) is 0 Å². The van der Waals surface area contributed by atoms with Gasteiger partial charge in [0.25, 0.3) is 0 Å². The highest BCUT2D eigenvalue weighted by molar-refractivity contribution is 6.33. The van der Waals surface area contributed by atoms with Crippen molar-refractivity contribution < 1.29 is 13.7 Å². The van der Waals surface area contributed by atoms with Gasteiger partial charge in [0.15, 0.2) is 11.6 Å². The summed E-state index contributed by atoms with van der Waals surface area (Å²) in [7, 11) is 0. The fourth-order valence-corrected chi connectivity index (χ4v) is 4.25. The summed E-state index contributed by atoms with van der Waals surface area (Å²) < 4.78 is 26.4. The number of rotatable bonds is 7. The third-order valence-corrected chi connectivity index (χ3v) is 6.12. The molecule has 4 rings (SSSR count). The van der Waals surface area contributed by atoms with E-state index in [4.69, 9.17) is 32.5 Å². The van der Waals surface area contributed by atoms with Gasteiger partial charge in [-0.3, -0.25) is 0 Å². The molecular weight excluding hydrogens is 472 g/mol. The normalized spacial score (nSPS) is 11.5. The van der Waals surface area contributed by atoms with Crippen molar-refractivity contribution in [2.75, 3.05) is 0 Å². The molecule has 1 heterocycles. The van der Waals surface area contributed by atoms with E-state index in [2.05, 4.69) is 5.16 Å². The molecule has 0 aliphatic carbocycles. The molecule has 0 radical (unpaired) electrons. The van der Waals surface area contributed by atoms with Crippen LogP contribution in [0.25, 0.3) is 23.4 Å². The number of aromatic nitrogens is 1. The van der Waals surface area contributed by atoms with Gasteiger partial charge in [-0.1, -0.05) is 96.8 Å². The van der Waals surface area contributed by atoms with Crippen molar-refractivity contribution in [1.29, 1.82) is 0 Å². The molecule has 0 fully saturated rings. The van der Waals surface area contributed by atoms with Gasteiger partial charge >= 0.3 is 0 Å². The van der Waals surface area contributed by atoms with Crippen molar-refractivity contribution in [3.8, 4) is 17.0 Å². The third-order valence-electron chi connectivity index (χ3n) is 5.48. The maximum Gasteiger partial charge on any atom is 0.165 e. The quantitative estimate of drug-likeness (QED) is 0.240. The van der Waals surface area contributed by atoms with Gasteiger partial charge in [0.1, 0.15) is 18.1 Å². The molecule has 0 saturated carbocycles. The fraction of sp³-hybridized carbons (Fsp3) is 0.179. The van der Waals surface area contributed by atoms with Gasteiger partial charge in [0.05, 0.1) is 15.6 Å². The maximum absolute atomic E-state index is 14.9. The van der Waals surface area contributed by atoms with Crippen molar-refractivity contribution >= 4 is 35.4 Å². The second-order valence-electron chi connectivity index (χ2n) is 8.30. The molecule has 0 aliphatic rings. The van der Waals surface area contributed by atoms with Crippen LogP contribution in [0.15, 0.2) is 65.2 Å². The van der Waals surface area contributed by atoms with Crippen LogP contribution in [0.1, 0.15) is 47.8 Å². The molecule has 0 unspecified atom stereocenters. The zero-order valence-electron chi connectivity index (χ0n) is 19.1. The van der Waals surface area contributed by atoms with Crippen LogP contribution in [0.2, 0.25) is 10.0 Å². The second kappa shape index (κ2) is 10.5. The predicted molar refractivity (Wildman–Crippen MR) is 137 cm³/mol. The summed E-state index contributed by atoms with van der Waals surface area (Å²) in [6.07, 6.45) is 3.66. The molecule has 3 nitrogen and oxygen atoms in total. The molecule has 6 heteroatoms. The molecule has 34 heavy (non-hydrogen) atoms. The van der Waals surface area contributed by atoms with Gasteiger partial charge in [-0.2, -0.15) is 0 Å². The minimum atomic E-state index is -0.505. The lowest BCUT2D eigenvalue weighted by Gasteiger charge is -2.12. The molecule has 1 aromatic heterocycles. The lowest BCUT2D eigenvalue weighted by Crippen LogP contribution is -2.03. The minimum Gasteiger partial charge on any atom is -0.486 e.